The fourth-order valence-corrected chi connectivity index (χ4v) is 4.56. The average molecular weight is 413 g/mol. The van der Waals surface area contributed by atoms with Crippen LogP contribution in [0.15, 0.2) is 48.5 Å². The molecule has 154 valence electrons. The Morgan fingerprint density at radius 2 is 1.66 bits per heavy atom. The van der Waals surface area contributed by atoms with E-state index in [0.717, 1.165) is 69.0 Å². The van der Waals surface area contributed by atoms with Crippen molar-refractivity contribution >= 4 is 28.9 Å². The summed E-state index contributed by atoms with van der Waals surface area (Å²) in [5.41, 5.74) is 2.82. The highest BCUT2D eigenvalue weighted by molar-refractivity contribution is 6.33. The molecule has 0 radical (unpaired) electrons. The SMILES string of the molecule is CN1CCN(c2ccc(NC(=O)C(c3ccccc3)N3CCCC3)cc2Cl)CC1. The molecule has 2 saturated heterocycles. The summed E-state index contributed by atoms with van der Waals surface area (Å²) in [7, 11) is 2.14. The fraction of sp³-hybridized carbons (Fsp3) is 0.435. The molecule has 2 aromatic rings. The number of carbonyl (C=O) groups excluding carboxylic acids is 1. The minimum atomic E-state index is -0.269. The molecule has 2 aromatic carbocycles. The molecule has 0 aromatic heterocycles. The van der Waals surface area contributed by atoms with Crippen LogP contribution in [0.5, 0.6) is 0 Å². The molecule has 2 aliphatic heterocycles. The number of rotatable bonds is 5. The van der Waals surface area contributed by atoms with E-state index in [2.05, 4.69) is 27.1 Å². The van der Waals surface area contributed by atoms with Gasteiger partial charge in [-0.3, -0.25) is 9.69 Å². The zero-order valence-electron chi connectivity index (χ0n) is 17.0. The molecule has 2 fully saturated rings. The summed E-state index contributed by atoms with van der Waals surface area (Å²) in [6.07, 6.45) is 2.28. The van der Waals surface area contributed by atoms with Crippen LogP contribution < -0.4 is 10.2 Å². The zero-order valence-corrected chi connectivity index (χ0v) is 17.7. The fourth-order valence-electron chi connectivity index (χ4n) is 4.26. The van der Waals surface area contributed by atoms with Gasteiger partial charge in [-0.15, -0.1) is 0 Å². The number of benzene rings is 2. The van der Waals surface area contributed by atoms with E-state index in [1.807, 2.05) is 48.5 Å². The number of likely N-dealkylation sites (tertiary alicyclic amines) is 1. The summed E-state index contributed by atoms with van der Waals surface area (Å²) < 4.78 is 0. The van der Waals surface area contributed by atoms with Crippen molar-refractivity contribution in [1.82, 2.24) is 9.80 Å². The summed E-state index contributed by atoms with van der Waals surface area (Å²) >= 11 is 6.59. The summed E-state index contributed by atoms with van der Waals surface area (Å²) in [6, 6.07) is 15.6. The molecule has 1 unspecified atom stereocenters. The third-order valence-electron chi connectivity index (χ3n) is 5.93. The predicted octanol–water partition coefficient (Wildman–Crippen LogP) is 3.87. The van der Waals surface area contributed by atoms with Gasteiger partial charge < -0.3 is 15.1 Å². The number of halogens is 1. The van der Waals surface area contributed by atoms with Crippen LogP contribution in [0.3, 0.4) is 0 Å². The van der Waals surface area contributed by atoms with Crippen molar-refractivity contribution < 1.29 is 4.79 Å². The Bertz CT molecular complexity index is 830. The molecule has 1 N–H and O–H groups in total. The lowest BCUT2D eigenvalue weighted by atomic mass is 10.0. The number of hydrogen-bond acceptors (Lipinski definition) is 4. The van der Waals surface area contributed by atoms with Crippen LogP contribution >= 0.6 is 11.6 Å². The Labute approximate surface area is 178 Å². The first-order valence-corrected chi connectivity index (χ1v) is 10.8. The Kier molecular flexibility index (Phi) is 6.38. The van der Waals surface area contributed by atoms with E-state index >= 15 is 0 Å². The number of likely N-dealkylation sites (N-methyl/N-ethyl adjacent to an activating group) is 1. The van der Waals surface area contributed by atoms with Gasteiger partial charge in [0.05, 0.1) is 10.7 Å². The highest BCUT2D eigenvalue weighted by Crippen LogP contribution is 2.31. The summed E-state index contributed by atoms with van der Waals surface area (Å²) in [5.74, 6) is 0.00140. The van der Waals surface area contributed by atoms with Crippen LogP contribution in [0, 0.1) is 0 Å². The smallest absolute Gasteiger partial charge is 0.246 e. The number of amides is 1. The summed E-state index contributed by atoms with van der Waals surface area (Å²) in [4.78, 5) is 20.1. The lowest BCUT2D eigenvalue weighted by molar-refractivity contribution is -0.121. The second-order valence-electron chi connectivity index (χ2n) is 8.00. The first kappa shape index (κ1) is 20.2. The Morgan fingerprint density at radius 3 is 2.31 bits per heavy atom. The van der Waals surface area contributed by atoms with Crippen molar-refractivity contribution in [2.45, 2.75) is 18.9 Å². The lowest BCUT2D eigenvalue weighted by Gasteiger charge is -2.34. The molecule has 0 aliphatic carbocycles. The molecule has 0 saturated carbocycles. The highest BCUT2D eigenvalue weighted by atomic mass is 35.5. The van der Waals surface area contributed by atoms with E-state index < -0.39 is 0 Å². The number of nitrogens with one attached hydrogen (secondary N) is 1. The normalized spacial score (nSPS) is 19.3. The van der Waals surface area contributed by atoms with Crippen molar-refractivity contribution in [2.75, 3.05) is 56.5 Å². The molecule has 29 heavy (non-hydrogen) atoms. The molecule has 2 aliphatic rings. The monoisotopic (exact) mass is 412 g/mol. The van der Waals surface area contributed by atoms with Crippen molar-refractivity contribution in [3.05, 3.63) is 59.1 Å². The quantitative estimate of drug-likeness (QED) is 0.809. The number of anilines is 2. The maximum Gasteiger partial charge on any atom is 0.246 e. The first-order valence-electron chi connectivity index (χ1n) is 10.4. The Hall–Kier alpha value is -2.08. The van der Waals surface area contributed by atoms with Crippen LogP contribution in [0.25, 0.3) is 0 Å². The van der Waals surface area contributed by atoms with Gasteiger partial charge in [0.25, 0.3) is 0 Å². The maximum absolute atomic E-state index is 13.2. The van der Waals surface area contributed by atoms with Crippen molar-refractivity contribution in [1.29, 1.82) is 0 Å². The van der Waals surface area contributed by atoms with Gasteiger partial charge in [-0.25, -0.2) is 0 Å². The Morgan fingerprint density at radius 1 is 0.966 bits per heavy atom. The van der Waals surface area contributed by atoms with E-state index in [0.29, 0.717) is 5.02 Å². The molecule has 1 atom stereocenters. The van der Waals surface area contributed by atoms with Gasteiger partial charge >= 0.3 is 0 Å². The van der Waals surface area contributed by atoms with Crippen LogP contribution in [0.1, 0.15) is 24.4 Å². The molecule has 4 rings (SSSR count). The van der Waals surface area contributed by atoms with Crippen LogP contribution in [-0.2, 0) is 4.79 Å². The zero-order chi connectivity index (χ0) is 20.2. The van der Waals surface area contributed by atoms with Gasteiger partial charge in [-0.05, 0) is 56.7 Å². The van der Waals surface area contributed by atoms with E-state index in [9.17, 15) is 4.79 Å². The molecular formula is C23H29ClN4O. The molecule has 0 bridgehead atoms. The topological polar surface area (TPSA) is 38.8 Å². The molecule has 6 heteroatoms. The average Bonchev–Trinajstić information content (AvgIpc) is 3.24. The van der Waals surface area contributed by atoms with Crippen LogP contribution in [-0.4, -0.2) is 62.0 Å². The van der Waals surface area contributed by atoms with E-state index in [-0.39, 0.29) is 11.9 Å². The third kappa shape index (κ3) is 4.74. The maximum atomic E-state index is 13.2. The van der Waals surface area contributed by atoms with Gasteiger partial charge in [0.2, 0.25) is 5.91 Å². The van der Waals surface area contributed by atoms with Gasteiger partial charge in [-0.1, -0.05) is 41.9 Å². The second kappa shape index (κ2) is 9.16. The first-order chi connectivity index (χ1) is 14.1. The Balaban J connectivity index is 1.49. The van der Waals surface area contributed by atoms with Crippen LogP contribution in [0.4, 0.5) is 11.4 Å². The van der Waals surface area contributed by atoms with Crippen molar-refractivity contribution in [2.24, 2.45) is 0 Å². The van der Waals surface area contributed by atoms with Gasteiger partial charge in [0.1, 0.15) is 6.04 Å². The van der Waals surface area contributed by atoms with Crippen molar-refractivity contribution in [3.63, 3.8) is 0 Å². The van der Waals surface area contributed by atoms with E-state index in [1.165, 1.54) is 0 Å². The largest absolute Gasteiger partial charge is 0.368 e. The van der Waals surface area contributed by atoms with Gasteiger partial charge in [0, 0.05) is 31.9 Å². The van der Waals surface area contributed by atoms with E-state index in [1.54, 1.807) is 0 Å². The van der Waals surface area contributed by atoms with E-state index in [4.69, 9.17) is 11.6 Å². The molecule has 0 spiro atoms. The third-order valence-corrected chi connectivity index (χ3v) is 6.23. The molecule has 1 amide bonds. The van der Waals surface area contributed by atoms with Crippen LogP contribution in [0.2, 0.25) is 5.02 Å². The van der Waals surface area contributed by atoms with Gasteiger partial charge in [0.15, 0.2) is 0 Å². The number of nitrogens with zero attached hydrogens (tertiary/aromatic N) is 3. The van der Waals surface area contributed by atoms with Crippen molar-refractivity contribution in [3.8, 4) is 0 Å². The molecular weight excluding hydrogens is 384 g/mol. The van der Waals surface area contributed by atoms with Gasteiger partial charge in [-0.2, -0.15) is 0 Å². The number of carbonyl (C=O) groups is 1. The number of hydrogen-bond donors (Lipinski definition) is 1. The summed E-state index contributed by atoms with van der Waals surface area (Å²) in [6.45, 7) is 5.90. The predicted molar refractivity (Wildman–Crippen MR) is 120 cm³/mol. The minimum absolute atomic E-state index is 0.00140. The highest BCUT2D eigenvalue weighted by Gasteiger charge is 2.29. The summed E-state index contributed by atoms with van der Waals surface area (Å²) in [5, 5.41) is 3.79. The molecule has 5 nitrogen and oxygen atoms in total. The standard InChI is InChI=1S/C23H29ClN4O/c1-26-13-15-27(16-14-26)21-10-9-19(17-20(21)24)25-23(29)22(28-11-5-6-12-28)18-7-3-2-4-8-18/h2-4,7-10,17,22H,5-6,11-16H2,1H3,(H,25,29). The number of piperazine rings is 1. The lowest BCUT2D eigenvalue weighted by Crippen LogP contribution is -2.44. The minimum Gasteiger partial charge on any atom is -0.368 e. The second-order valence-corrected chi connectivity index (χ2v) is 8.41. The molecule has 2 heterocycles.